The van der Waals surface area contributed by atoms with Crippen LogP contribution in [0.3, 0.4) is 0 Å². The van der Waals surface area contributed by atoms with Gasteiger partial charge in [0.1, 0.15) is 6.54 Å². The highest BCUT2D eigenvalue weighted by Crippen LogP contribution is 2.25. The van der Waals surface area contributed by atoms with Gasteiger partial charge in [0.15, 0.2) is 0 Å². The van der Waals surface area contributed by atoms with E-state index in [1.54, 1.807) is 42.5 Å². The predicted octanol–water partition coefficient (Wildman–Crippen LogP) is 4.70. The van der Waals surface area contributed by atoms with Crippen molar-refractivity contribution in [3.8, 4) is 0 Å². The van der Waals surface area contributed by atoms with Crippen LogP contribution in [0.25, 0.3) is 0 Å². The van der Waals surface area contributed by atoms with Crippen LogP contribution < -0.4 is 9.62 Å². The molecule has 6 heteroatoms. The molecule has 0 aliphatic carbocycles. The largest absolute Gasteiger partial charge is 0.324 e. The Hall–Kier alpha value is -3.12. The Balaban J connectivity index is 1.96. The van der Waals surface area contributed by atoms with Crippen molar-refractivity contribution in [3.63, 3.8) is 0 Å². The third-order valence-corrected chi connectivity index (χ3v) is 6.68. The van der Waals surface area contributed by atoms with Crippen LogP contribution in [0.15, 0.2) is 77.7 Å². The number of amides is 1. The van der Waals surface area contributed by atoms with Crippen LogP contribution in [0.5, 0.6) is 0 Å². The first-order chi connectivity index (χ1) is 14.3. The molecule has 0 aromatic heterocycles. The lowest BCUT2D eigenvalue weighted by molar-refractivity contribution is -0.114. The Morgan fingerprint density at radius 2 is 1.63 bits per heavy atom. The van der Waals surface area contributed by atoms with Crippen LogP contribution in [0.1, 0.15) is 23.6 Å². The highest BCUT2D eigenvalue weighted by atomic mass is 32.2. The van der Waals surface area contributed by atoms with Gasteiger partial charge in [0, 0.05) is 5.69 Å². The molecule has 1 amide bonds. The van der Waals surface area contributed by atoms with E-state index >= 15 is 0 Å². The minimum Gasteiger partial charge on any atom is -0.324 e. The third-order valence-electron chi connectivity index (χ3n) is 4.91. The summed E-state index contributed by atoms with van der Waals surface area (Å²) in [5, 5.41) is 2.92. The molecule has 0 saturated heterocycles. The Kier molecular flexibility index (Phi) is 6.57. The lowest BCUT2D eigenvalue weighted by Gasteiger charge is -2.24. The van der Waals surface area contributed by atoms with Crippen LogP contribution in [0.4, 0.5) is 11.4 Å². The summed E-state index contributed by atoms with van der Waals surface area (Å²) in [6.45, 7) is 5.46. The number of anilines is 2. The fraction of sp³-hybridized carbons (Fsp3) is 0.208. The molecule has 5 nitrogen and oxygen atoms in total. The zero-order valence-electron chi connectivity index (χ0n) is 17.4. The number of sulfonamides is 1. The van der Waals surface area contributed by atoms with Crippen LogP contribution >= 0.6 is 0 Å². The monoisotopic (exact) mass is 422 g/mol. The van der Waals surface area contributed by atoms with Crippen molar-refractivity contribution in [1.82, 2.24) is 0 Å². The van der Waals surface area contributed by atoms with E-state index in [1.165, 1.54) is 0 Å². The average molecular weight is 423 g/mol. The second-order valence-corrected chi connectivity index (χ2v) is 9.04. The normalized spacial score (nSPS) is 11.2. The maximum absolute atomic E-state index is 13.4. The van der Waals surface area contributed by atoms with E-state index in [9.17, 15) is 13.2 Å². The van der Waals surface area contributed by atoms with E-state index in [4.69, 9.17) is 0 Å². The van der Waals surface area contributed by atoms with Crippen LogP contribution in [-0.2, 0) is 21.2 Å². The minimum atomic E-state index is -3.92. The Bertz CT molecular complexity index is 1140. The van der Waals surface area contributed by atoms with E-state index in [2.05, 4.69) is 5.32 Å². The molecule has 0 fully saturated rings. The van der Waals surface area contributed by atoms with Gasteiger partial charge in [-0.15, -0.1) is 0 Å². The first-order valence-corrected chi connectivity index (χ1v) is 11.3. The van der Waals surface area contributed by atoms with Gasteiger partial charge in [-0.25, -0.2) is 8.42 Å². The van der Waals surface area contributed by atoms with E-state index in [1.807, 2.05) is 51.1 Å². The number of para-hydroxylation sites is 2. The Morgan fingerprint density at radius 3 is 2.30 bits per heavy atom. The van der Waals surface area contributed by atoms with Gasteiger partial charge in [0.25, 0.3) is 10.0 Å². The molecule has 0 bridgehead atoms. The maximum atomic E-state index is 13.4. The van der Waals surface area contributed by atoms with Crippen molar-refractivity contribution in [2.45, 2.75) is 32.1 Å². The fourth-order valence-corrected chi connectivity index (χ4v) is 4.85. The van der Waals surface area contributed by atoms with Gasteiger partial charge in [-0.3, -0.25) is 9.10 Å². The quantitative estimate of drug-likeness (QED) is 0.600. The van der Waals surface area contributed by atoms with Crippen LogP contribution in [-0.4, -0.2) is 20.9 Å². The molecule has 0 unspecified atom stereocenters. The first kappa shape index (κ1) is 21.6. The van der Waals surface area contributed by atoms with Gasteiger partial charge < -0.3 is 5.32 Å². The van der Waals surface area contributed by atoms with E-state index < -0.39 is 10.0 Å². The third kappa shape index (κ3) is 4.71. The van der Waals surface area contributed by atoms with Gasteiger partial charge in [0.05, 0.1) is 10.6 Å². The number of nitrogens with zero attached hydrogens (tertiary/aromatic N) is 1. The molecule has 0 aliphatic rings. The number of nitrogens with one attached hydrogen (secondary N) is 1. The Morgan fingerprint density at radius 1 is 0.933 bits per heavy atom. The van der Waals surface area contributed by atoms with Crippen molar-refractivity contribution in [2.24, 2.45) is 0 Å². The van der Waals surface area contributed by atoms with Gasteiger partial charge in [-0.2, -0.15) is 0 Å². The molecular formula is C24H26N2O3S. The highest BCUT2D eigenvalue weighted by molar-refractivity contribution is 7.92. The summed E-state index contributed by atoms with van der Waals surface area (Å²) < 4.78 is 28.0. The van der Waals surface area contributed by atoms with Crippen molar-refractivity contribution in [3.05, 3.63) is 89.5 Å². The van der Waals surface area contributed by atoms with Gasteiger partial charge in [0.2, 0.25) is 5.91 Å². The van der Waals surface area contributed by atoms with E-state index in [-0.39, 0.29) is 17.3 Å². The summed E-state index contributed by atoms with van der Waals surface area (Å²) in [6, 6.07) is 21.2. The number of carbonyl (C=O) groups is 1. The molecule has 0 heterocycles. The summed E-state index contributed by atoms with van der Waals surface area (Å²) >= 11 is 0. The zero-order valence-corrected chi connectivity index (χ0v) is 18.2. The lowest BCUT2D eigenvalue weighted by atomic mass is 10.1. The second-order valence-electron chi connectivity index (χ2n) is 7.17. The number of carbonyl (C=O) groups excluding carboxylic acids is 1. The minimum absolute atomic E-state index is 0.157. The average Bonchev–Trinajstić information content (AvgIpc) is 2.74. The molecule has 3 rings (SSSR count). The summed E-state index contributed by atoms with van der Waals surface area (Å²) in [4.78, 5) is 13.1. The standard InChI is InChI=1S/C24H26N2O3S/c1-4-20-12-9-11-19(3)24(20)25-23(27)17-26(21-13-6-5-7-14-21)30(28,29)22-15-8-10-18(2)16-22/h5-16H,4,17H2,1-3H3,(H,25,27). The van der Waals surface area contributed by atoms with Gasteiger partial charge in [-0.1, -0.05) is 55.5 Å². The summed E-state index contributed by atoms with van der Waals surface area (Å²) in [5.74, 6) is -0.390. The number of aryl methyl sites for hydroxylation is 3. The first-order valence-electron chi connectivity index (χ1n) is 9.85. The van der Waals surface area contributed by atoms with Gasteiger partial charge >= 0.3 is 0 Å². The number of benzene rings is 3. The van der Waals surface area contributed by atoms with Crippen molar-refractivity contribution in [2.75, 3.05) is 16.2 Å². The smallest absolute Gasteiger partial charge is 0.264 e. The fourth-order valence-electron chi connectivity index (χ4n) is 3.32. The number of hydrogen-bond acceptors (Lipinski definition) is 3. The molecule has 0 saturated carbocycles. The van der Waals surface area contributed by atoms with Crippen molar-refractivity contribution in [1.29, 1.82) is 0 Å². The molecular weight excluding hydrogens is 396 g/mol. The van der Waals surface area contributed by atoms with Crippen LogP contribution in [0, 0.1) is 13.8 Å². The maximum Gasteiger partial charge on any atom is 0.264 e. The number of hydrogen-bond donors (Lipinski definition) is 1. The molecule has 0 atom stereocenters. The molecule has 0 spiro atoms. The zero-order chi connectivity index (χ0) is 21.7. The Labute approximate surface area is 178 Å². The molecule has 0 radical (unpaired) electrons. The summed E-state index contributed by atoms with van der Waals surface area (Å²) in [7, 11) is -3.92. The second kappa shape index (κ2) is 9.13. The topological polar surface area (TPSA) is 66.5 Å². The highest BCUT2D eigenvalue weighted by Gasteiger charge is 2.27. The van der Waals surface area contributed by atoms with Crippen molar-refractivity contribution >= 4 is 27.3 Å². The molecule has 3 aromatic rings. The molecule has 156 valence electrons. The molecule has 1 N–H and O–H groups in total. The molecule has 30 heavy (non-hydrogen) atoms. The molecule has 3 aromatic carbocycles. The van der Waals surface area contributed by atoms with Crippen molar-refractivity contribution < 1.29 is 13.2 Å². The van der Waals surface area contributed by atoms with Crippen LogP contribution in [0.2, 0.25) is 0 Å². The summed E-state index contributed by atoms with van der Waals surface area (Å²) in [6.07, 6.45) is 0.765. The number of rotatable bonds is 7. The molecule has 0 aliphatic heterocycles. The summed E-state index contributed by atoms with van der Waals surface area (Å²) in [5.41, 5.74) is 3.97. The SMILES string of the molecule is CCc1cccc(C)c1NC(=O)CN(c1ccccc1)S(=O)(=O)c1cccc(C)c1. The van der Waals surface area contributed by atoms with E-state index in [0.29, 0.717) is 5.69 Å². The lowest BCUT2D eigenvalue weighted by Crippen LogP contribution is -2.38. The van der Waals surface area contributed by atoms with Gasteiger partial charge in [-0.05, 0) is 61.2 Å². The van der Waals surface area contributed by atoms with E-state index in [0.717, 1.165) is 33.1 Å². The predicted molar refractivity (Wildman–Crippen MR) is 121 cm³/mol.